The van der Waals surface area contributed by atoms with Crippen LogP contribution >= 0.6 is 0 Å². The Bertz CT molecular complexity index is 527. The first-order chi connectivity index (χ1) is 8.66. The Hall–Kier alpha value is -2.37. The quantitative estimate of drug-likeness (QED) is 0.878. The van der Waals surface area contributed by atoms with Gasteiger partial charge in [0.2, 0.25) is 0 Å². The minimum atomic E-state index is -0.741. The first-order valence-corrected chi connectivity index (χ1v) is 5.38. The molecule has 2 aromatic rings. The maximum atomic E-state index is 13.0. The van der Waals surface area contributed by atoms with Gasteiger partial charge >= 0.3 is 6.09 Å². The number of anilines is 1. The Morgan fingerprint density at radius 1 is 1.44 bits per heavy atom. The normalized spacial score (nSPS) is 11.9. The van der Waals surface area contributed by atoms with Crippen LogP contribution in [-0.4, -0.2) is 16.3 Å². The van der Waals surface area contributed by atoms with Gasteiger partial charge < -0.3 is 4.74 Å². The summed E-state index contributed by atoms with van der Waals surface area (Å²) in [5, 5.41) is 7.99. The van der Waals surface area contributed by atoms with E-state index in [1.165, 1.54) is 0 Å². The Labute approximate surface area is 103 Å². The summed E-state index contributed by atoms with van der Waals surface area (Å²) in [5.41, 5.74) is 0.859. The summed E-state index contributed by atoms with van der Waals surface area (Å²) in [5.74, 6) is -0.750. The standard InChI is InChI=1S/C12H12FN3O2/c1-8(9-5-3-2-4-6-9)18-12(17)15-11-10(13)7-14-16-11/h2-8H,1H3,(H2,14,15,16,17). The van der Waals surface area contributed by atoms with Crippen LogP contribution in [0.1, 0.15) is 18.6 Å². The minimum Gasteiger partial charge on any atom is -0.441 e. The number of carbonyl (C=O) groups is 1. The molecule has 2 rings (SSSR count). The number of amides is 1. The van der Waals surface area contributed by atoms with Gasteiger partial charge in [-0.05, 0) is 12.5 Å². The molecule has 0 radical (unpaired) electrons. The van der Waals surface area contributed by atoms with Crippen molar-refractivity contribution in [3.8, 4) is 0 Å². The fraction of sp³-hybridized carbons (Fsp3) is 0.167. The molecule has 1 unspecified atom stereocenters. The zero-order chi connectivity index (χ0) is 13.0. The summed E-state index contributed by atoms with van der Waals surface area (Å²) in [6.07, 6.45) is -0.192. The molecule has 0 aliphatic rings. The number of aromatic nitrogens is 2. The van der Waals surface area contributed by atoms with E-state index < -0.39 is 18.0 Å². The molecule has 1 heterocycles. The van der Waals surface area contributed by atoms with Crippen molar-refractivity contribution in [3.63, 3.8) is 0 Å². The highest BCUT2D eigenvalue weighted by atomic mass is 19.1. The van der Waals surface area contributed by atoms with Crippen LogP contribution in [0.4, 0.5) is 15.0 Å². The highest BCUT2D eigenvalue weighted by Crippen LogP contribution is 2.17. The maximum absolute atomic E-state index is 13.0. The van der Waals surface area contributed by atoms with Crippen LogP contribution in [0.5, 0.6) is 0 Å². The van der Waals surface area contributed by atoms with Crippen molar-refractivity contribution in [2.24, 2.45) is 0 Å². The largest absolute Gasteiger partial charge is 0.441 e. The number of H-pyrrole nitrogens is 1. The molecule has 5 nitrogen and oxygen atoms in total. The van der Waals surface area contributed by atoms with E-state index >= 15 is 0 Å². The molecule has 6 heteroatoms. The first kappa shape index (κ1) is 12.1. The smallest absolute Gasteiger partial charge is 0.413 e. The molecule has 0 spiro atoms. The molecule has 0 saturated carbocycles. The van der Waals surface area contributed by atoms with Crippen LogP contribution in [0.2, 0.25) is 0 Å². The molecule has 2 N–H and O–H groups in total. The Morgan fingerprint density at radius 2 is 2.17 bits per heavy atom. The van der Waals surface area contributed by atoms with Gasteiger partial charge in [-0.2, -0.15) is 5.10 Å². The van der Waals surface area contributed by atoms with Crippen molar-refractivity contribution in [2.75, 3.05) is 5.32 Å². The lowest BCUT2D eigenvalue weighted by Gasteiger charge is -2.13. The number of hydrogen-bond acceptors (Lipinski definition) is 3. The zero-order valence-electron chi connectivity index (χ0n) is 9.68. The number of nitrogens with zero attached hydrogens (tertiary/aromatic N) is 1. The molecule has 1 atom stereocenters. The SMILES string of the molecule is CC(OC(=O)Nc1[nH]ncc1F)c1ccccc1. The lowest BCUT2D eigenvalue weighted by molar-refractivity contribution is 0.121. The van der Waals surface area contributed by atoms with Gasteiger partial charge in [-0.15, -0.1) is 0 Å². The number of halogens is 1. The molecule has 0 aliphatic heterocycles. The Kier molecular flexibility index (Phi) is 3.57. The van der Waals surface area contributed by atoms with Crippen molar-refractivity contribution in [1.29, 1.82) is 0 Å². The summed E-state index contributed by atoms with van der Waals surface area (Å²) >= 11 is 0. The number of ether oxygens (including phenoxy) is 1. The highest BCUT2D eigenvalue weighted by Gasteiger charge is 2.13. The minimum absolute atomic E-state index is 0.111. The fourth-order valence-corrected chi connectivity index (χ4v) is 1.44. The average Bonchev–Trinajstić information content (AvgIpc) is 2.76. The van der Waals surface area contributed by atoms with E-state index in [2.05, 4.69) is 15.5 Å². The molecular formula is C12H12FN3O2. The van der Waals surface area contributed by atoms with E-state index in [1.54, 1.807) is 6.92 Å². The lowest BCUT2D eigenvalue weighted by Crippen LogP contribution is -2.16. The van der Waals surface area contributed by atoms with E-state index in [0.29, 0.717) is 0 Å². The molecule has 94 valence electrons. The van der Waals surface area contributed by atoms with Crippen LogP contribution < -0.4 is 5.32 Å². The predicted octanol–water partition coefficient (Wildman–Crippen LogP) is 2.86. The second-order valence-corrected chi connectivity index (χ2v) is 3.68. The Balaban J connectivity index is 1.94. The third kappa shape index (κ3) is 2.85. The van der Waals surface area contributed by atoms with E-state index in [4.69, 9.17) is 4.74 Å². The van der Waals surface area contributed by atoms with Gasteiger partial charge in [0, 0.05) is 0 Å². The number of benzene rings is 1. The van der Waals surface area contributed by atoms with Crippen LogP contribution in [0, 0.1) is 5.82 Å². The summed E-state index contributed by atoms with van der Waals surface area (Å²) in [7, 11) is 0. The van der Waals surface area contributed by atoms with E-state index in [1.807, 2.05) is 30.3 Å². The summed E-state index contributed by atoms with van der Waals surface area (Å²) < 4.78 is 18.1. The number of aromatic amines is 1. The zero-order valence-corrected chi connectivity index (χ0v) is 9.68. The monoisotopic (exact) mass is 249 g/mol. The number of rotatable bonds is 3. The second-order valence-electron chi connectivity index (χ2n) is 3.68. The topological polar surface area (TPSA) is 67.0 Å². The van der Waals surface area contributed by atoms with Gasteiger partial charge in [-0.25, -0.2) is 9.18 Å². The van der Waals surface area contributed by atoms with Gasteiger partial charge in [0.05, 0.1) is 6.20 Å². The van der Waals surface area contributed by atoms with Crippen LogP contribution in [0.15, 0.2) is 36.5 Å². The van der Waals surface area contributed by atoms with Crippen molar-refractivity contribution in [3.05, 3.63) is 47.9 Å². The van der Waals surface area contributed by atoms with Crippen molar-refractivity contribution in [2.45, 2.75) is 13.0 Å². The lowest BCUT2D eigenvalue weighted by atomic mass is 10.1. The number of hydrogen-bond donors (Lipinski definition) is 2. The molecule has 1 aromatic heterocycles. The first-order valence-electron chi connectivity index (χ1n) is 5.38. The van der Waals surface area contributed by atoms with Gasteiger partial charge in [-0.3, -0.25) is 10.4 Å². The maximum Gasteiger partial charge on any atom is 0.413 e. The fourth-order valence-electron chi connectivity index (χ4n) is 1.44. The third-order valence-corrected chi connectivity index (χ3v) is 2.37. The van der Waals surface area contributed by atoms with Crippen molar-refractivity contribution in [1.82, 2.24) is 10.2 Å². The summed E-state index contributed by atoms with van der Waals surface area (Å²) in [4.78, 5) is 11.5. The molecule has 0 bridgehead atoms. The highest BCUT2D eigenvalue weighted by molar-refractivity contribution is 5.83. The Morgan fingerprint density at radius 3 is 2.78 bits per heavy atom. The number of nitrogens with one attached hydrogen (secondary N) is 2. The molecule has 18 heavy (non-hydrogen) atoms. The van der Waals surface area contributed by atoms with Gasteiger partial charge in [-0.1, -0.05) is 30.3 Å². The van der Waals surface area contributed by atoms with E-state index in [-0.39, 0.29) is 5.82 Å². The average molecular weight is 249 g/mol. The molecule has 0 saturated heterocycles. The van der Waals surface area contributed by atoms with E-state index in [0.717, 1.165) is 11.8 Å². The second kappa shape index (κ2) is 5.31. The van der Waals surface area contributed by atoms with Crippen LogP contribution in [0.3, 0.4) is 0 Å². The third-order valence-electron chi connectivity index (χ3n) is 2.37. The predicted molar refractivity (Wildman–Crippen MR) is 63.5 cm³/mol. The molecule has 1 amide bonds. The molecular weight excluding hydrogens is 237 g/mol. The molecule has 1 aromatic carbocycles. The molecule has 0 aliphatic carbocycles. The molecule has 0 fully saturated rings. The van der Waals surface area contributed by atoms with Crippen molar-refractivity contribution >= 4 is 11.9 Å². The van der Waals surface area contributed by atoms with Gasteiger partial charge in [0.15, 0.2) is 11.6 Å². The summed E-state index contributed by atoms with van der Waals surface area (Å²) in [6, 6.07) is 9.25. The van der Waals surface area contributed by atoms with Crippen LogP contribution in [0.25, 0.3) is 0 Å². The summed E-state index contributed by atoms with van der Waals surface area (Å²) in [6.45, 7) is 1.73. The van der Waals surface area contributed by atoms with Gasteiger partial charge in [0.25, 0.3) is 0 Å². The number of carbonyl (C=O) groups excluding carboxylic acids is 1. The van der Waals surface area contributed by atoms with Crippen LogP contribution in [-0.2, 0) is 4.74 Å². The van der Waals surface area contributed by atoms with E-state index in [9.17, 15) is 9.18 Å². The van der Waals surface area contributed by atoms with Crippen molar-refractivity contribution < 1.29 is 13.9 Å². The van der Waals surface area contributed by atoms with Gasteiger partial charge in [0.1, 0.15) is 6.10 Å².